The summed E-state index contributed by atoms with van der Waals surface area (Å²) >= 11 is 8.17. The van der Waals surface area contributed by atoms with Gasteiger partial charge in [-0.2, -0.15) is 5.10 Å². The predicted octanol–water partition coefficient (Wildman–Crippen LogP) is 6.93. The molecule has 1 atom stereocenters. The number of nitrogens with zero attached hydrogens (tertiary/aromatic N) is 6. The zero-order valence-electron chi connectivity index (χ0n) is 27.5. The number of fused-ring (bicyclic) bond motifs is 5. The Morgan fingerprint density at radius 1 is 1.15 bits per heavy atom. The van der Waals surface area contributed by atoms with Gasteiger partial charge < -0.3 is 20.1 Å². The molecule has 2 aliphatic rings. The van der Waals surface area contributed by atoms with Crippen LogP contribution in [-0.4, -0.2) is 92.8 Å². The molecule has 47 heavy (non-hydrogen) atoms. The summed E-state index contributed by atoms with van der Waals surface area (Å²) in [4.78, 5) is 16.0. The number of thiophene rings is 1. The molecule has 1 unspecified atom stereocenters. The van der Waals surface area contributed by atoms with Crippen molar-refractivity contribution in [3.05, 3.63) is 71.8 Å². The van der Waals surface area contributed by atoms with Crippen LogP contribution < -0.4 is 10.1 Å². The highest BCUT2D eigenvalue weighted by Gasteiger charge is 2.26. The average molecular weight is 682 g/mol. The van der Waals surface area contributed by atoms with Gasteiger partial charge in [0.1, 0.15) is 35.0 Å². The van der Waals surface area contributed by atoms with Gasteiger partial charge in [-0.25, -0.2) is 14.4 Å². The molecule has 0 amide bonds. The van der Waals surface area contributed by atoms with E-state index in [9.17, 15) is 4.39 Å². The first-order valence-electron chi connectivity index (χ1n) is 16.3. The number of aliphatic hydroxyl groups is 1. The minimum absolute atomic E-state index is 0.216. The molecule has 1 fully saturated rings. The number of halogens is 2. The van der Waals surface area contributed by atoms with E-state index >= 15 is 0 Å². The Bertz CT molecular complexity index is 1680. The molecular formula is C35H45ClFN7O2S. The summed E-state index contributed by atoms with van der Waals surface area (Å²) in [5.74, 6) is 1.28. The van der Waals surface area contributed by atoms with Gasteiger partial charge in [-0.1, -0.05) is 24.6 Å². The number of β-amino-alcohol motifs (C(OH)–C–C–N with tert-alkyl or cyclic N) is 1. The second-order valence-electron chi connectivity index (χ2n) is 11.9. The molecule has 0 radical (unpaired) electrons. The van der Waals surface area contributed by atoms with Crippen LogP contribution in [0.3, 0.4) is 0 Å². The van der Waals surface area contributed by atoms with Crippen LogP contribution in [0.25, 0.3) is 20.7 Å². The maximum absolute atomic E-state index is 14.2. The van der Waals surface area contributed by atoms with Crippen molar-refractivity contribution in [1.29, 1.82) is 0 Å². The summed E-state index contributed by atoms with van der Waals surface area (Å²) in [6, 6.07) is 5.48. The lowest BCUT2D eigenvalue weighted by Gasteiger charge is -2.33. The molecule has 6 rings (SSSR count). The van der Waals surface area contributed by atoms with Crippen LogP contribution in [0.4, 0.5) is 15.9 Å². The fourth-order valence-corrected chi connectivity index (χ4v) is 7.33. The number of rotatable bonds is 12. The summed E-state index contributed by atoms with van der Waals surface area (Å²) in [6.07, 6.45) is 10.5. The van der Waals surface area contributed by atoms with Gasteiger partial charge in [0.2, 0.25) is 0 Å². The standard InChI is InChI=1S/C27H27ClFN5OS.C8H18N2O/c1-4-11-27(3,29)12-6-13-35-22-10-7-17(14-20(22)28)32-25-23-18-8-9-21-19(15-34(5-2)33-21)24(18)36-26(23)31-16-30-25;1-2-9-3-5-10(6-4-9)7-8-11/h4,6-7,10,12,14-16H,1,5,8-9,11,13H2,2-3H3,(H,30,31,32);11H,2-8H2,1H3/b12-6+;. The lowest BCUT2D eigenvalue weighted by molar-refractivity contribution is 0.116. The predicted molar refractivity (Wildman–Crippen MR) is 191 cm³/mol. The number of hydrogen-bond acceptors (Lipinski definition) is 9. The lowest BCUT2D eigenvalue weighted by atomic mass is 9.95. The molecule has 0 bridgehead atoms. The van der Waals surface area contributed by atoms with Crippen LogP contribution in [0.5, 0.6) is 5.75 Å². The third kappa shape index (κ3) is 8.77. The molecule has 0 saturated carbocycles. The lowest BCUT2D eigenvalue weighted by Crippen LogP contribution is -2.46. The fourth-order valence-electron chi connectivity index (χ4n) is 5.87. The summed E-state index contributed by atoms with van der Waals surface area (Å²) < 4.78 is 21.9. The number of benzene rings is 1. The number of aliphatic hydroxyl groups excluding tert-OH is 1. The molecule has 12 heteroatoms. The molecule has 1 aliphatic heterocycles. The van der Waals surface area contributed by atoms with Crippen molar-refractivity contribution >= 4 is 44.7 Å². The smallest absolute Gasteiger partial charge is 0.142 e. The average Bonchev–Trinajstić information content (AvgIpc) is 3.67. The van der Waals surface area contributed by atoms with Gasteiger partial charge >= 0.3 is 0 Å². The molecule has 1 aliphatic carbocycles. The summed E-state index contributed by atoms with van der Waals surface area (Å²) in [7, 11) is 0. The summed E-state index contributed by atoms with van der Waals surface area (Å²) in [5.41, 5.74) is 2.95. The molecule has 3 aromatic heterocycles. The van der Waals surface area contributed by atoms with Crippen LogP contribution in [0.1, 0.15) is 38.4 Å². The third-order valence-corrected chi connectivity index (χ3v) is 9.94. The van der Waals surface area contributed by atoms with Crippen LogP contribution >= 0.6 is 22.9 Å². The quantitative estimate of drug-likeness (QED) is 0.156. The first-order chi connectivity index (χ1) is 22.7. The molecule has 252 valence electrons. The molecule has 1 aromatic carbocycles. The van der Waals surface area contributed by atoms with E-state index < -0.39 is 5.67 Å². The van der Waals surface area contributed by atoms with Gasteiger partial charge in [0, 0.05) is 68.0 Å². The Morgan fingerprint density at radius 3 is 2.64 bits per heavy atom. The second kappa shape index (κ2) is 16.2. The first kappa shape index (κ1) is 35.0. The number of nitrogens with one attached hydrogen (secondary N) is 1. The van der Waals surface area contributed by atoms with Gasteiger partial charge in [-0.15, -0.1) is 17.9 Å². The maximum atomic E-state index is 14.2. The number of piperazine rings is 1. The van der Waals surface area contributed by atoms with E-state index in [1.807, 2.05) is 10.7 Å². The topological polar surface area (TPSA) is 91.6 Å². The van der Waals surface area contributed by atoms with Crippen LogP contribution in [0, 0.1) is 0 Å². The van der Waals surface area contributed by atoms with Gasteiger partial charge in [0.05, 0.1) is 22.7 Å². The highest BCUT2D eigenvalue weighted by atomic mass is 35.5. The van der Waals surface area contributed by atoms with E-state index in [0.717, 1.165) is 86.1 Å². The van der Waals surface area contributed by atoms with E-state index in [1.165, 1.54) is 29.0 Å². The largest absolute Gasteiger partial charge is 0.488 e. The molecular weight excluding hydrogens is 637 g/mol. The van der Waals surface area contributed by atoms with E-state index in [1.54, 1.807) is 41.9 Å². The molecule has 1 saturated heterocycles. The maximum Gasteiger partial charge on any atom is 0.142 e. The van der Waals surface area contributed by atoms with Crippen molar-refractivity contribution in [3.63, 3.8) is 0 Å². The first-order valence-corrected chi connectivity index (χ1v) is 17.5. The Balaban J connectivity index is 0.000000335. The fraction of sp³-hybridized carbons (Fsp3) is 0.457. The van der Waals surface area contributed by atoms with Crippen molar-refractivity contribution in [2.45, 2.75) is 52.2 Å². The molecule has 9 nitrogen and oxygen atoms in total. The second-order valence-corrected chi connectivity index (χ2v) is 13.3. The van der Waals surface area contributed by atoms with Gasteiger partial charge in [-0.3, -0.25) is 9.58 Å². The molecule has 4 aromatic rings. The van der Waals surface area contributed by atoms with Crippen molar-refractivity contribution in [2.75, 3.05) is 57.8 Å². The zero-order chi connectivity index (χ0) is 33.4. The summed E-state index contributed by atoms with van der Waals surface area (Å²) in [5, 5.41) is 18.3. The van der Waals surface area contributed by atoms with E-state index in [2.05, 4.69) is 51.7 Å². The Hall–Kier alpha value is -3.35. The number of ether oxygens (including phenoxy) is 1. The molecule has 4 heterocycles. The van der Waals surface area contributed by atoms with Crippen LogP contribution in [-0.2, 0) is 19.4 Å². The van der Waals surface area contributed by atoms with E-state index in [4.69, 9.17) is 26.5 Å². The molecule has 0 spiro atoms. The monoisotopic (exact) mass is 681 g/mol. The SMILES string of the molecule is C=CCC(C)(F)/C=C/COc1ccc(Nc2ncnc3sc4c(c23)CCc2nn(CC)cc2-4)cc1Cl.CCN1CCN(CCO)CC1. The van der Waals surface area contributed by atoms with Crippen LogP contribution in [0.2, 0.25) is 5.02 Å². The highest BCUT2D eigenvalue weighted by Crippen LogP contribution is 2.45. The highest BCUT2D eigenvalue weighted by molar-refractivity contribution is 7.22. The Kier molecular flexibility index (Phi) is 12.0. The summed E-state index contributed by atoms with van der Waals surface area (Å²) in [6.45, 7) is 17.3. The van der Waals surface area contributed by atoms with E-state index in [0.29, 0.717) is 17.4 Å². The number of allylic oxidation sites excluding steroid dienone is 2. The van der Waals surface area contributed by atoms with Crippen molar-refractivity contribution in [1.82, 2.24) is 29.5 Å². The Morgan fingerprint density at radius 2 is 1.94 bits per heavy atom. The van der Waals surface area contributed by atoms with Gasteiger partial charge in [0.15, 0.2) is 0 Å². The van der Waals surface area contributed by atoms with Crippen molar-refractivity contribution in [3.8, 4) is 16.2 Å². The number of aryl methyl sites for hydroxylation is 3. The normalized spacial score (nSPS) is 16.3. The minimum Gasteiger partial charge on any atom is -0.488 e. The van der Waals surface area contributed by atoms with Crippen molar-refractivity contribution in [2.24, 2.45) is 0 Å². The number of aromatic nitrogens is 4. The van der Waals surface area contributed by atoms with Crippen LogP contribution in [0.15, 0.2) is 55.5 Å². The molecule has 2 N–H and O–H groups in total. The number of alkyl halides is 1. The van der Waals surface area contributed by atoms with Gasteiger partial charge in [-0.05, 0) is 69.1 Å². The van der Waals surface area contributed by atoms with E-state index in [-0.39, 0.29) is 13.0 Å². The number of hydrogen-bond donors (Lipinski definition) is 2. The number of anilines is 2. The third-order valence-electron chi connectivity index (χ3n) is 8.47. The zero-order valence-corrected chi connectivity index (χ0v) is 29.1. The Labute approximate surface area is 285 Å². The minimum atomic E-state index is -1.44. The van der Waals surface area contributed by atoms with Gasteiger partial charge in [0.25, 0.3) is 0 Å². The number of likely N-dealkylation sites (N-methyl/N-ethyl adjacent to an activating group) is 1. The van der Waals surface area contributed by atoms with Crippen molar-refractivity contribution < 1.29 is 14.2 Å².